The number of carbonyl (C=O) groups is 1. The van der Waals surface area contributed by atoms with E-state index in [1.54, 1.807) is 0 Å². The van der Waals surface area contributed by atoms with Crippen LogP contribution in [0.15, 0.2) is 25.3 Å². The third kappa shape index (κ3) is 6.46. The molecule has 260 valence electrons. The average Bonchev–Trinajstić information content (AvgIpc) is 3.84. The SMILES string of the molecule is Nc1ncnc2c1ncn2[C@@H]1O[C@H](CN(CCCNc2ncnc3c2ncn3[C@@H]2O[C@@H](CO)[C@@H](O)[C@@H]2O)CC[C@H](N)C(=O)O)[C@@H](O)[C@H]1O. The Labute approximate surface area is 271 Å². The summed E-state index contributed by atoms with van der Waals surface area (Å²) in [7, 11) is 0. The maximum atomic E-state index is 11.4. The van der Waals surface area contributed by atoms with Gasteiger partial charge in [-0.25, -0.2) is 29.9 Å². The highest BCUT2D eigenvalue weighted by Crippen LogP contribution is 2.33. The standard InChI is InChI=1S/C27H38N12O9/c28-12(27(45)46)2-5-37(6-13-17(41)19(43)25(47-13)38-10-35-15-21(29)31-8-33-23(15)38)4-1-3-30-22-16-24(34-9-32-22)39(11-36-16)26-20(44)18(42)14(7-40)48-26/h8-14,17-20,25-26,40-44H,1-7,28H2,(H,45,46)(H2,29,31,33)(H,30,32,34)/t12-,13+,14-,17+,18+,19+,20-,25+,26+/m0/s1. The number of nitrogens with two attached hydrogens (primary N) is 2. The summed E-state index contributed by atoms with van der Waals surface area (Å²) in [4.78, 5) is 38.5. The number of aliphatic hydroxyl groups excluding tert-OH is 5. The van der Waals surface area contributed by atoms with Crippen LogP contribution >= 0.6 is 0 Å². The van der Waals surface area contributed by atoms with Crippen molar-refractivity contribution in [2.75, 3.05) is 43.8 Å². The van der Waals surface area contributed by atoms with Gasteiger partial charge in [0.15, 0.2) is 40.9 Å². The zero-order valence-corrected chi connectivity index (χ0v) is 25.5. The van der Waals surface area contributed by atoms with Crippen molar-refractivity contribution < 1.29 is 44.9 Å². The van der Waals surface area contributed by atoms with Crippen molar-refractivity contribution >= 4 is 39.9 Å². The van der Waals surface area contributed by atoms with Crippen LogP contribution in [0.5, 0.6) is 0 Å². The number of rotatable bonds is 14. The van der Waals surface area contributed by atoms with E-state index >= 15 is 0 Å². The lowest BCUT2D eigenvalue weighted by molar-refractivity contribution is -0.138. The van der Waals surface area contributed by atoms with Crippen LogP contribution in [0, 0.1) is 0 Å². The van der Waals surface area contributed by atoms with Crippen LogP contribution in [-0.4, -0.2) is 156 Å². The Kier molecular flexibility index (Phi) is 9.91. The smallest absolute Gasteiger partial charge is 0.320 e. The minimum atomic E-state index is -1.32. The summed E-state index contributed by atoms with van der Waals surface area (Å²) in [5, 5.41) is 64.4. The van der Waals surface area contributed by atoms with Crippen LogP contribution in [0.1, 0.15) is 25.3 Å². The van der Waals surface area contributed by atoms with Crippen LogP contribution < -0.4 is 16.8 Å². The van der Waals surface area contributed by atoms with E-state index in [4.69, 9.17) is 20.9 Å². The molecule has 0 unspecified atom stereocenters. The van der Waals surface area contributed by atoms with Crippen molar-refractivity contribution in [2.24, 2.45) is 5.73 Å². The number of nitrogen functional groups attached to an aromatic ring is 1. The van der Waals surface area contributed by atoms with Crippen LogP contribution in [-0.2, 0) is 14.3 Å². The summed E-state index contributed by atoms with van der Waals surface area (Å²) in [5.41, 5.74) is 13.0. The van der Waals surface area contributed by atoms with Gasteiger partial charge in [-0.15, -0.1) is 0 Å². The Balaban J connectivity index is 1.10. The lowest BCUT2D eigenvalue weighted by atomic mass is 10.1. The molecule has 4 aromatic rings. The van der Waals surface area contributed by atoms with Gasteiger partial charge in [-0.3, -0.25) is 13.9 Å². The number of aliphatic carboxylic acids is 1. The van der Waals surface area contributed by atoms with Gasteiger partial charge in [0.2, 0.25) is 0 Å². The molecule has 0 aromatic carbocycles. The Morgan fingerprint density at radius 2 is 1.48 bits per heavy atom. The Morgan fingerprint density at radius 3 is 2.12 bits per heavy atom. The molecule has 0 saturated carbocycles. The fraction of sp³-hybridized carbons (Fsp3) is 0.593. The van der Waals surface area contributed by atoms with Gasteiger partial charge in [-0.05, 0) is 19.4 Å². The number of fused-ring (bicyclic) bond motifs is 2. The monoisotopic (exact) mass is 674 g/mol. The number of carboxylic acids is 1. The molecular formula is C27H38N12O9. The topological polar surface area (TPSA) is 311 Å². The Bertz CT molecular complexity index is 1720. The van der Waals surface area contributed by atoms with Crippen LogP contribution in [0.4, 0.5) is 11.6 Å². The van der Waals surface area contributed by atoms with Gasteiger partial charge < -0.3 is 61.8 Å². The highest BCUT2D eigenvalue weighted by atomic mass is 16.6. The van der Waals surface area contributed by atoms with E-state index in [0.29, 0.717) is 47.7 Å². The molecule has 2 saturated heterocycles. The molecule has 2 aliphatic rings. The number of hydrogen-bond acceptors (Lipinski definition) is 18. The van der Waals surface area contributed by atoms with Crippen molar-refractivity contribution in [3.05, 3.63) is 25.3 Å². The number of aliphatic hydroxyl groups is 5. The molecule has 21 heteroatoms. The first kappa shape index (κ1) is 33.7. The molecule has 9 atom stereocenters. The van der Waals surface area contributed by atoms with Gasteiger partial charge in [-0.2, -0.15) is 0 Å². The summed E-state index contributed by atoms with van der Waals surface area (Å²) in [5.74, 6) is -0.573. The number of imidazole rings is 2. The van der Waals surface area contributed by atoms with Crippen LogP contribution in [0.3, 0.4) is 0 Å². The number of nitrogens with one attached hydrogen (secondary N) is 1. The molecule has 21 nitrogen and oxygen atoms in total. The van der Waals surface area contributed by atoms with Gasteiger partial charge in [0.25, 0.3) is 0 Å². The summed E-state index contributed by atoms with van der Waals surface area (Å²) in [6, 6.07) is -1.10. The molecule has 4 aromatic heterocycles. The molecule has 6 rings (SSSR count). The summed E-state index contributed by atoms with van der Waals surface area (Å²) >= 11 is 0. The van der Waals surface area contributed by atoms with Crippen LogP contribution in [0.25, 0.3) is 22.3 Å². The lowest BCUT2D eigenvalue weighted by Crippen LogP contribution is -2.43. The van der Waals surface area contributed by atoms with E-state index in [1.165, 1.54) is 34.4 Å². The zero-order valence-electron chi connectivity index (χ0n) is 25.5. The Morgan fingerprint density at radius 1 is 0.875 bits per heavy atom. The first-order chi connectivity index (χ1) is 23.1. The predicted molar refractivity (Wildman–Crippen MR) is 164 cm³/mol. The van der Waals surface area contributed by atoms with E-state index in [9.17, 15) is 35.4 Å². The second-order valence-electron chi connectivity index (χ2n) is 11.7. The van der Waals surface area contributed by atoms with E-state index in [1.807, 2.05) is 4.90 Å². The highest BCUT2D eigenvalue weighted by Gasteiger charge is 2.45. The maximum absolute atomic E-state index is 11.4. The predicted octanol–water partition coefficient (Wildman–Crippen LogP) is -3.61. The van der Waals surface area contributed by atoms with Crippen molar-refractivity contribution in [1.82, 2.24) is 43.9 Å². The molecule has 2 fully saturated rings. The number of aromatic nitrogens is 8. The van der Waals surface area contributed by atoms with Crippen LogP contribution in [0.2, 0.25) is 0 Å². The third-order valence-corrected chi connectivity index (χ3v) is 8.60. The first-order valence-corrected chi connectivity index (χ1v) is 15.3. The van der Waals surface area contributed by atoms with E-state index < -0.39 is 67.7 Å². The minimum absolute atomic E-state index is 0.130. The van der Waals surface area contributed by atoms with Crippen molar-refractivity contribution in [3.8, 4) is 0 Å². The van der Waals surface area contributed by atoms with Gasteiger partial charge in [-0.1, -0.05) is 0 Å². The molecule has 0 bridgehead atoms. The average molecular weight is 675 g/mol. The molecular weight excluding hydrogens is 636 g/mol. The summed E-state index contributed by atoms with van der Waals surface area (Å²) in [6.45, 7) is 0.774. The minimum Gasteiger partial charge on any atom is -0.480 e. The van der Waals surface area contributed by atoms with E-state index in [0.717, 1.165) is 0 Å². The number of hydrogen-bond donors (Lipinski definition) is 9. The first-order valence-electron chi connectivity index (χ1n) is 15.3. The molecule has 0 amide bonds. The molecule has 0 spiro atoms. The second-order valence-corrected chi connectivity index (χ2v) is 11.7. The van der Waals surface area contributed by atoms with Gasteiger partial charge in [0, 0.05) is 19.6 Å². The second kappa shape index (κ2) is 14.1. The van der Waals surface area contributed by atoms with Crippen molar-refractivity contribution in [2.45, 2.75) is 68.0 Å². The normalized spacial score (nSPS) is 28.1. The molecule has 48 heavy (non-hydrogen) atoms. The maximum Gasteiger partial charge on any atom is 0.320 e. The Hall–Kier alpha value is -4.19. The lowest BCUT2D eigenvalue weighted by Gasteiger charge is -2.27. The van der Waals surface area contributed by atoms with Gasteiger partial charge >= 0.3 is 5.97 Å². The third-order valence-electron chi connectivity index (χ3n) is 8.60. The van der Waals surface area contributed by atoms with Crippen molar-refractivity contribution in [3.63, 3.8) is 0 Å². The largest absolute Gasteiger partial charge is 0.480 e. The highest BCUT2D eigenvalue weighted by molar-refractivity contribution is 5.83. The number of carboxylic acid groups (broad SMARTS) is 1. The molecule has 0 aliphatic carbocycles. The van der Waals surface area contributed by atoms with Crippen molar-refractivity contribution in [1.29, 1.82) is 0 Å². The zero-order chi connectivity index (χ0) is 34.1. The molecule has 2 aliphatic heterocycles. The molecule has 0 radical (unpaired) electrons. The van der Waals surface area contributed by atoms with Gasteiger partial charge in [0.1, 0.15) is 60.8 Å². The summed E-state index contributed by atoms with van der Waals surface area (Å²) in [6.07, 6.45) is -2.98. The fourth-order valence-corrected chi connectivity index (χ4v) is 5.95. The van der Waals surface area contributed by atoms with E-state index in [2.05, 4.69) is 35.2 Å². The summed E-state index contributed by atoms with van der Waals surface area (Å²) < 4.78 is 14.6. The van der Waals surface area contributed by atoms with Gasteiger partial charge in [0.05, 0.1) is 19.3 Å². The number of anilines is 2. The molecule has 6 heterocycles. The molecule has 11 N–H and O–H groups in total. The quantitative estimate of drug-likeness (QED) is 0.0583. The fourth-order valence-electron chi connectivity index (χ4n) is 5.95. The number of nitrogens with zero attached hydrogens (tertiary/aromatic N) is 9. The number of ether oxygens (including phenoxy) is 2. The van der Waals surface area contributed by atoms with E-state index in [-0.39, 0.29) is 25.3 Å².